The monoisotopic (exact) mass is 328 g/mol. The molecular formula is C18H24N4O2. The number of aliphatic hydroxyl groups is 1. The van der Waals surface area contributed by atoms with Crippen LogP contribution in [0.25, 0.3) is 0 Å². The van der Waals surface area contributed by atoms with Crippen LogP contribution in [-0.2, 0) is 6.42 Å². The quantitative estimate of drug-likeness (QED) is 0.781. The summed E-state index contributed by atoms with van der Waals surface area (Å²) < 4.78 is 5.93. The first kappa shape index (κ1) is 16.5. The maximum absolute atomic E-state index is 9.63. The van der Waals surface area contributed by atoms with Crippen molar-refractivity contribution < 1.29 is 9.84 Å². The maximum atomic E-state index is 9.63. The molecule has 1 aromatic heterocycles. The third-order valence-corrected chi connectivity index (χ3v) is 4.37. The van der Waals surface area contributed by atoms with E-state index < -0.39 is 0 Å². The minimum atomic E-state index is -0.189. The Balaban J connectivity index is 1.74. The molecule has 0 unspecified atom stereocenters. The lowest BCUT2D eigenvalue weighted by Crippen LogP contribution is -2.28. The first-order valence-electron chi connectivity index (χ1n) is 8.48. The van der Waals surface area contributed by atoms with Gasteiger partial charge in [-0.3, -0.25) is 0 Å². The van der Waals surface area contributed by atoms with Gasteiger partial charge in [-0.15, -0.1) is 0 Å². The zero-order valence-corrected chi connectivity index (χ0v) is 13.9. The number of aliphatic hydroxyl groups excluding tert-OH is 1. The van der Waals surface area contributed by atoms with Crippen LogP contribution in [0.15, 0.2) is 30.5 Å². The van der Waals surface area contributed by atoms with Crippen molar-refractivity contribution in [3.63, 3.8) is 0 Å². The zero-order valence-electron chi connectivity index (χ0n) is 13.9. The zero-order chi connectivity index (χ0) is 16.9. The van der Waals surface area contributed by atoms with E-state index in [1.54, 1.807) is 6.20 Å². The molecule has 6 heteroatoms. The van der Waals surface area contributed by atoms with E-state index in [0.717, 1.165) is 37.9 Å². The first-order valence-corrected chi connectivity index (χ1v) is 8.48. The average Bonchev–Trinajstić information content (AvgIpc) is 2.60. The van der Waals surface area contributed by atoms with Gasteiger partial charge in [0.15, 0.2) is 11.6 Å². The van der Waals surface area contributed by atoms with Gasteiger partial charge in [-0.05, 0) is 49.8 Å². The summed E-state index contributed by atoms with van der Waals surface area (Å²) in [6.07, 6.45) is 5.79. The van der Waals surface area contributed by atoms with Gasteiger partial charge in [0.05, 0.1) is 12.3 Å². The first-order chi connectivity index (χ1) is 11.6. The number of nitrogen functional groups attached to an aromatic ring is 1. The summed E-state index contributed by atoms with van der Waals surface area (Å²) in [5.41, 5.74) is 6.99. The molecule has 6 nitrogen and oxygen atoms in total. The predicted octanol–water partition coefficient (Wildman–Crippen LogP) is 3.13. The number of aryl methyl sites for hydroxylation is 1. The van der Waals surface area contributed by atoms with Crippen molar-refractivity contribution in [2.75, 3.05) is 11.1 Å². The standard InChI is InChI=1S/C18H24N4O2/c1-2-12-3-9-15(10-4-12)24-16-11-20-18(19)22-17(16)21-13-5-7-14(23)8-6-13/h3-4,9-11,13-14,23H,2,5-8H2,1H3,(H3,19,20,21,22). The lowest BCUT2D eigenvalue weighted by Gasteiger charge is -2.27. The molecule has 0 aliphatic heterocycles. The van der Waals surface area contributed by atoms with Crippen LogP contribution in [0.1, 0.15) is 38.2 Å². The van der Waals surface area contributed by atoms with Crippen LogP contribution >= 0.6 is 0 Å². The molecule has 2 aromatic rings. The van der Waals surface area contributed by atoms with Crippen LogP contribution in [0.2, 0.25) is 0 Å². The van der Waals surface area contributed by atoms with Crippen molar-refractivity contribution in [1.29, 1.82) is 0 Å². The highest BCUT2D eigenvalue weighted by molar-refractivity contribution is 5.53. The molecule has 24 heavy (non-hydrogen) atoms. The Morgan fingerprint density at radius 1 is 1.21 bits per heavy atom. The van der Waals surface area contributed by atoms with Gasteiger partial charge < -0.3 is 20.9 Å². The summed E-state index contributed by atoms with van der Waals surface area (Å²) in [4.78, 5) is 8.32. The number of hydrogen-bond acceptors (Lipinski definition) is 6. The number of nitrogens with two attached hydrogens (primary N) is 1. The molecule has 0 bridgehead atoms. The summed E-state index contributed by atoms with van der Waals surface area (Å²) in [6, 6.07) is 8.23. The van der Waals surface area contributed by atoms with Crippen LogP contribution in [0.4, 0.5) is 11.8 Å². The van der Waals surface area contributed by atoms with Gasteiger partial charge >= 0.3 is 0 Å². The molecular weight excluding hydrogens is 304 g/mol. The van der Waals surface area contributed by atoms with Crippen LogP contribution in [0.3, 0.4) is 0 Å². The minimum absolute atomic E-state index is 0.189. The smallest absolute Gasteiger partial charge is 0.222 e. The molecule has 0 spiro atoms. The number of ether oxygens (including phenoxy) is 1. The van der Waals surface area contributed by atoms with Gasteiger partial charge in [-0.25, -0.2) is 4.98 Å². The number of aromatic nitrogens is 2. The normalized spacial score (nSPS) is 20.6. The van der Waals surface area contributed by atoms with Gasteiger partial charge in [0.25, 0.3) is 0 Å². The molecule has 1 aliphatic carbocycles. The molecule has 0 radical (unpaired) electrons. The second-order valence-electron chi connectivity index (χ2n) is 6.19. The van der Waals surface area contributed by atoms with Crippen molar-refractivity contribution >= 4 is 11.8 Å². The Morgan fingerprint density at radius 3 is 2.58 bits per heavy atom. The third-order valence-electron chi connectivity index (χ3n) is 4.37. The largest absolute Gasteiger partial charge is 0.452 e. The molecule has 0 atom stereocenters. The molecule has 4 N–H and O–H groups in total. The molecule has 1 heterocycles. The van der Waals surface area contributed by atoms with Gasteiger partial charge in [0.2, 0.25) is 5.95 Å². The second-order valence-corrected chi connectivity index (χ2v) is 6.19. The molecule has 1 aliphatic rings. The van der Waals surface area contributed by atoms with Crippen LogP contribution in [-0.4, -0.2) is 27.2 Å². The number of nitrogens with zero attached hydrogens (tertiary/aromatic N) is 2. The van der Waals surface area contributed by atoms with Crippen molar-refractivity contribution in [2.45, 2.75) is 51.2 Å². The topological polar surface area (TPSA) is 93.3 Å². The van der Waals surface area contributed by atoms with Crippen molar-refractivity contribution in [3.8, 4) is 11.5 Å². The van der Waals surface area contributed by atoms with Crippen LogP contribution in [0, 0.1) is 0 Å². The van der Waals surface area contributed by atoms with E-state index >= 15 is 0 Å². The van der Waals surface area contributed by atoms with Crippen molar-refractivity contribution in [3.05, 3.63) is 36.0 Å². The van der Waals surface area contributed by atoms with E-state index in [9.17, 15) is 5.11 Å². The molecule has 1 saturated carbocycles. The summed E-state index contributed by atoms with van der Waals surface area (Å²) >= 11 is 0. The molecule has 1 fully saturated rings. The summed E-state index contributed by atoms with van der Waals surface area (Å²) in [7, 11) is 0. The Morgan fingerprint density at radius 2 is 1.92 bits per heavy atom. The van der Waals surface area contributed by atoms with E-state index in [4.69, 9.17) is 10.5 Å². The van der Waals surface area contributed by atoms with Gasteiger partial charge in [0, 0.05) is 6.04 Å². The van der Waals surface area contributed by atoms with E-state index in [-0.39, 0.29) is 18.1 Å². The second kappa shape index (κ2) is 7.49. The van der Waals surface area contributed by atoms with E-state index in [2.05, 4.69) is 22.2 Å². The van der Waals surface area contributed by atoms with Gasteiger partial charge in [-0.2, -0.15) is 4.98 Å². The van der Waals surface area contributed by atoms with Crippen LogP contribution < -0.4 is 15.8 Å². The van der Waals surface area contributed by atoms with Crippen molar-refractivity contribution in [1.82, 2.24) is 9.97 Å². The van der Waals surface area contributed by atoms with Crippen LogP contribution in [0.5, 0.6) is 11.5 Å². The van der Waals surface area contributed by atoms with Crippen molar-refractivity contribution in [2.24, 2.45) is 0 Å². The van der Waals surface area contributed by atoms with E-state index in [1.165, 1.54) is 5.56 Å². The Labute approximate surface area is 142 Å². The highest BCUT2D eigenvalue weighted by Crippen LogP contribution is 2.30. The fourth-order valence-corrected chi connectivity index (χ4v) is 2.90. The predicted molar refractivity (Wildman–Crippen MR) is 94.2 cm³/mol. The fraction of sp³-hybridized carbons (Fsp3) is 0.444. The average molecular weight is 328 g/mol. The molecule has 0 amide bonds. The molecule has 3 rings (SSSR count). The number of rotatable bonds is 5. The Hall–Kier alpha value is -2.34. The highest BCUT2D eigenvalue weighted by Gasteiger charge is 2.21. The summed E-state index contributed by atoms with van der Waals surface area (Å²) in [5, 5.41) is 13.0. The summed E-state index contributed by atoms with van der Waals surface area (Å²) in [6.45, 7) is 2.12. The van der Waals surface area contributed by atoms with E-state index in [1.807, 2.05) is 24.3 Å². The van der Waals surface area contributed by atoms with Gasteiger partial charge in [-0.1, -0.05) is 19.1 Å². The highest BCUT2D eigenvalue weighted by atomic mass is 16.5. The Bertz CT molecular complexity index is 667. The number of hydrogen-bond donors (Lipinski definition) is 3. The number of nitrogens with one attached hydrogen (secondary N) is 1. The molecule has 1 aromatic carbocycles. The lowest BCUT2D eigenvalue weighted by molar-refractivity contribution is 0.126. The number of anilines is 2. The van der Waals surface area contributed by atoms with E-state index in [0.29, 0.717) is 11.6 Å². The van der Waals surface area contributed by atoms with Gasteiger partial charge in [0.1, 0.15) is 5.75 Å². The minimum Gasteiger partial charge on any atom is -0.452 e. The summed E-state index contributed by atoms with van der Waals surface area (Å²) in [5.74, 6) is 2.10. The SMILES string of the molecule is CCc1ccc(Oc2cnc(N)nc2NC2CCC(O)CC2)cc1. The maximum Gasteiger partial charge on any atom is 0.222 e. The Kier molecular flexibility index (Phi) is 5.15. The number of benzene rings is 1. The third kappa shape index (κ3) is 4.14. The molecule has 0 saturated heterocycles. The lowest BCUT2D eigenvalue weighted by atomic mass is 9.93. The fourth-order valence-electron chi connectivity index (χ4n) is 2.90. The molecule has 128 valence electrons.